The third-order valence-electron chi connectivity index (χ3n) is 2.62. The first-order valence-electron chi connectivity index (χ1n) is 6.01. The molecular weight excluding hydrogens is 312 g/mol. The molecule has 0 bridgehead atoms. The fourth-order valence-electron chi connectivity index (χ4n) is 1.88. The molecule has 0 spiro atoms. The maximum absolute atomic E-state index is 6.21. The first-order valence-corrected chi connectivity index (χ1v) is 7.18. The summed E-state index contributed by atoms with van der Waals surface area (Å²) in [6.07, 6.45) is 0.963. The summed E-state index contributed by atoms with van der Waals surface area (Å²) >= 11 is 9.68. The van der Waals surface area contributed by atoms with Crippen molar-refractivity contribution >= 4 is 27.5 Å². The van der Waals surface area contributed by atoms with Crippen molar-refractivity contribution in [2.45, 2.75) is 26.8 Å². The van der Waals surface area contributed by atoms with Crippen molar-refractivity contribution in [2.75, 3.05) is 0 Å². The van der Waals surface area contributed by atoms with Gasteiger partial charge in [0, 0.05) is 4.47 Å². The summed E-state index contributed by atoms with van der Waals surface area (Å²) in [5.74, 6) is 0.593. The van der Waals surface area contributed by atoms with E-state index in [9.17, 15) is 0 Å². The van der Waals surface area contributed by atoms with Gasteiger partial charge in [0.25, 0.3) is 0 Å². The van der Waals surface area contributed by atoms with Crippen LogP contribution in [0.5, 0.6) is 0 Å². The maximum Gasteiger partial charge on any atom is 0.127 e. The molecule has 0 saturated heterocycles. The Morgan fingerprint density at radius 1 is 1.33 bits per heavy atom. The summed E-state index contributed by atoms with van der Waals surface area (Å²) in [7, 11) is 0. The molecule has 96 valence electrons. The fraction of sp³-hybridized carbons (Fsp3) is 0.357. The predicted octanol–water partition coefficient (Wildman–Crippen LogP) is 4.55. The molecule has 1 aromatic carbocycles. The molecule has 2 nitrogen and oxygen atoms in total. The molecule has 1 heterocycles. The minimum Gasteiger partial charge on any atom is -0.249 e. The lowest BCUT2D eigenvalue weighted by Crippen LogP contribution is -2.03. The quantitative estimate of drug-likeness (QED) is 0.806. The Bertz CT molecular complexity index is 534. The average molecular weight is 328 g/mol. The van der Waals surface area contributed by atoms with E-state index in [4.69, 9.17) is 11.6 Å². The Kier molecular flexibility index (Phi) is 4.46. The molecule has 0 unspecified atom stereocenters. The number of nitrogens with zero attached hydrogens (tertiary/aromatic N) is 2. The normalized spacial score (nSPS) is 11.2. The minimum absolute atomic E-state index is 0.593. The summed E-state index contributed by atoms with van der Waals surface area (Å²) in [5.41, 5.74) is 2.25. The lowest BCUT2D eigenvalue weighted by Gasteiger charge is -2.04. The number of hydrogen-bond donors (Lipinski definition) is 0. The zero-order valence-corrected chi connectivity index (χ0v) is 12.9. The maximum atomic E-state index is 6.21. The molecule has 2 rings (SSSR count). The second kappa shape index (κ2) is 5.89. The van der Waals surface area contributed by atoms with Crippen LogP contribution in [0.25, 0.3) is 0 Å². The summed E-state index contributed by atoms with van der Waals surface area (Å²) < 4.78 is 2.92. The van der Waals surface area contributed by atoms with E-state index < -0.39 is 0 Å². The molecule has 4 heteroatoms. The van der Waals surface area contributed by atoms with Crippen LogP contribution in [0.1, 0.15) is 25.1 Å². The summed E-state index contributed by atoms with van der Waals surface area (Å²) in [6.45, 7) is 5.07. The van der Waals surface area contributed by atoms with Gasteiger partial charge in [-0.2, -0.15) is 5.10 Å². The number of benzene rings is 1. The molecular formula is C14H16BrClN2. The SMILES string of the molecule is CC(C)Cc1cc(Cl)n(Cc2cccc(Br)c2)n1. The zero-order valence-electron chi connectivity index (χ0n) is 10.5. The second-order valence-electron chi connectivity index (χ2n) is 4.84. The van der Waals surface area contributed by atoms with Crippen LogP contribution in [0.3, 0.4) is 0 Å². The summed E-state index contributed by atoms with van der Waals surface area (Å²) in [5, 5.41) is 5.24. The van der Waals surface area contributed by atoms with Gasteiger partial charge in [-0.1, -0.05) is 53.5 Å². The largest absolute Gasteiger partial charge is 0.249 e. The first-order chi connectivity index (χ1) is 8.54. The molecule has 0 aliphatic carbocycles. The summed E-state index contributed by atoms with van der Waals surface area (Å²) in [6, 6.07) is 10.1. The minimum atomic E-state index is 0.593. The van der Waals surface area contributed by atoms with E-state index in [0.717, 1.165) is 16.6 Å². The Morgan fingerprint density at radius 3 is 2.78 bits per heavy atom. The van der Waals surface area contributed by atoms with Gasteiger partial charge in [0.05, 0.1) is 12.2 Å². The van der Waals surface area contributed by atoms with Gasteiger partial charge in [-0.15, -0.1) is 0 Å². The molecule has 18 heavy (non-hydrogen) atoms. The van der Waals surface area contributed by atoms with Gasteiger partial charge >= 0.3 is 0 Å². The highest BCUT2D eigenvalue weighted by molar-refractivity contribution is 9.10. The van der Waals surface area contributed by atoms with Crippen molar-refractivity contribution in [1.29, 1.82) is 0 Å². The fourth-order valence-corrected chi connectivity index (χ4v) is 2.55. The van der Waals surface area contributed by atoms with Gasteiger partial charge in [-0.25, -0.2) is 4.68 Å². The molecule has 0 N–H and O–H groups in total. The number of hydrogen-bond acceptors (Lipinski definition) is 1. The Morgan fingerprint density at radius 2 is 2.11 bits per heavy atom. The third-order valence-corrected chi connectivity index (χ3v) is 3.42. The highest BCUT2D eigenvalue weighted by Gasteiger charge is 2.08. The Hall–Kier alpha value is -0.800. The van der Waals surface area contributed by atoms with Gasteiger partial charge in [-0.3, -0.25) is 0 Å². The molecule has 2 aromatic rings. The van der Waals surface area contributed by atoms with E-state index in [-0.39, 0.29) is 0 Å². The van der Waals surface area contributed by atoms with Crippen LogP contribution in [0.4, 0.5) is 0 Å². The van der Waals surface area contributed by atoms with Crippen LogP contribution in [-0.2, 0) is 13.0 Å². The smallest absolute Gasteiger partial charge is 0.127 e. The van der Waals surface area contributed by atoms with Crippen LogP contribution in [-0.4, -0.2) is 9.78 Å². The number of rotatable bonds is 4. The van der Waals surface area contributed by atoms with E-state index in [2.05, 4.69) is 47.0 Å². The van der Waals surface area contributed by atoms with Crippen molar-refractivity contribution in [2.24, 2.45) is 5.92 Å². The lowest BCUT2D eigenvalue weighted by atomic mass is 10.1. The van der Waals surface area contributed by atoms with Gasteiger partial charge in [0.15, 0.2) is 0 Å². The van der Waals surface area contributed by atoms with Crippen LogP contribution in [0.15, 0.2) is 34.8 Å². The van der Waals surface area contributed by atoms with Crippen molar-refractivity contribution in [3.8, 4) is 0 Å². The predicted molar refractivity (Wildman–Crippen MR) is 79.0 cm³/mol. The monoisotopic (exact) mass is 326 g/mol. The molecule has 1 aromatic heterocycles. The zero-order chi connectivity index (χ0) is 13.1. The highest BCUT2D eigenvalue weighted by Crippen LogP contribution is 2.17. The van der Waals surface area contributed by atoms with Gasteiger partial charge in [0.1, 0.15) is 5.15 Å². The van der Waals surface area contributed by atoms with Gasteiger partial charge in [0.2, 0.25) is 0 Å². The Balaban J connectivity index is 2.16. The molecule has 0 fully saturated rings. The van der Waals surface area contributed by atoms with E-state index in [1.807, 2.05) is 22.9 Å². The van der Waals surface area contributed by atoms with Crippen LogP contribution in [0.2, 0.25) is 5.15 Å². The van der Waals surface area contributed by atoms with E-state index >= 15 is 0 Å². The summed E-state index contributed by atoms with van der Waals surface area (Å²) in [4.78, 5) is 0. The van der Waals surface area contributed by atoms with Gasteiger partial charge < -0.3 is 0 Å². The molecule has 0 saturated carbocycles. The average Bonchev–Trinajstić information content (AvgIpc) is 2.58. The second-order valence-corrected chi connectivity index (χ2v) is 6.15. The van der Waals surface area contributed by atoms with Crippen LogP contribution in [0, 0.1) is 5.92 Å². The molecule has 0 amide bonds. The standard InChI is InChI=1S/C14H16BrClN2/c1-10(2)6-13-8-14(16)18(17-13)9-11-4-3-5-12(15)7-11/h3-5,7-8,10H,6,9H2,1-2H3. The van der Waals surface area contributed by atoms with E-state index in [1.54, 1.807) is 0 Å². The van der Waals surface area contributed by atoms with E-state index in [1.165, 1.54) is 5.56 Å². The molecule has 0 atom stereocenters. The number of aromatic nitrogens is 2. The van der Waals surface area contributed by atoms with E-state index in [0.29, 0.717) is 17.6 Å². The Labute approximate surface area is 121 Å². The van der Waals surface area contributed by atoms with Crippen molar-refractivity contribution in [3.63, 3.8) is 0 Å². The molecule has 0 radical (unpaired) electrons. The topological polar surface area (TPSA) is 17.8 Å². The van der Waals surface area contributed by atoms with Crippen molar-refractivity contribution in [3.05, 3.63) is 51.2 Å². The van der Waals surface area contributed by atoms with Crippen LogP contribution < -0.4 is 0 Å². The molecule has 0 aliphatic heterocycles. The molecule has 0 aliphatic rings. The van der Waals surface area contributed by atoms with Gasteiger partial charge in [-0.05, 0) is 36.1 Å². The highest BCUT2D eigenvalue weighted by atomic mass is 79.9. The van der Waals surface area contributed by atoms with Crippen molar-refractivity contribution in [1.82, 2.24) is 9.78 Å². The van der Waals surface area contributed by atoms with Crippen LogP contribution >= 0.6 is 27.5 Å². The lowest BCUT2D eigenvalue weighted by molar-refractivity contribution is 0.608. The third kappa shape index (κ3) is 3.59. The van der Waals surface area contributed by atoms with Crippen molar-refractivity contribution < 1.29 is 0 Å². The first kappa shape index (κ1) is 13.6. The number of halogens is 2.